The van der Waals surface area contributed by atoms with Gasteiger partial charge < -0.3 is 16.8 Å². The smallest absolute Gasteiger partial charge is 0.255 e. The monoisotopic (exact) mass is 308 g/mol. The first kappa shape index (κ1) is 15.1. The van der Waals surface area contributed by atoms with Gasteiger partial charge in [0.05, 0.1) is 5.69 Å². The van der Waals surface area contributed by atoms with Gasteiger partial charge in [0.1, 0.15) is 0 Å². The quantitative estimate of drug-likeness (QED) is 0.601. The molecular weight excluding hydrogens is 288 g/mol. The lowest BCUT2D eigenvalue weighted by Gasteiger charge is -2.16. The van der Waals surface area contributed by atoms with Crippen molar-refractivity contribution in [3.8, 4) is 0 Å². The van der Waals surface area contributed by atoms with E-state index in [4.69, 9.17) is 11.5 Å². The summed E-state index contributed by atoms with van der Waals surface area (Å²) in [5.41, 5.74) is 15.4. The third-order valence-corrected chi connectivity index (χ3v) is 3.99. The van der Waals surface area contributed by atoms with E-state index in [0.29, 0.717) is 16.9 Å². The van der Waals surface area contributed by atoms with Gasteiger partial charge in [-0.1, -0.05) is 6.07 Å². The molecule has 0 atom stereocenters. The molecule has 1 amide bonds. The molecule has 118 valence electrons. The van der Waals surface area contributed by atoms with Crippen LogP contribution in [0.15, 0.2) is 47.5 Å². The van der Waals surface area contributed by atoms with Gasteiger partial charge in [0.25, 0.3) is 5.91 Å². The van der Waals surface area contributed by atoms with Crippen molar-refractivity contribution in [1.82, 2.24) is 0 Å². The molecule has 1 aliphatic carbocycles. The number of nitrogens with two attached hydrogens (primary N) is 2. The molecule has 2 aromatic rings. The van der Waals surface area contributed by atoms with Crippen LogP contribution in [0.25, 0.3) is 0 Å². The largest absolute Gasteiger partial charge is 0.370 e. The molecular formula is C18H20N4O. The molecule has 0 unspecified atom stereocenters. The highest BCUT2D eigenvalue weighted by molar-refractivity contribution is 6.04. The van der Waals surface area contributed by atoms with E-state index >= 15 is 0 Å². The SMILES string of the molecule is NC(N)=Nc1ccc(NC(=O)c2ccc3c(c2)CCCC3)cc1. The summed E-state index contributed by atoms with van der Waals surface area (Å²) in [6, 6.07) is 13.0. The first-order chi connectivity index (χ1) is 11.1. The van der Waals surface area contributed by atoms with Crippen LogP contribution in [-0.2, 0) is 12.8 Å². The maximum absolute atomic E-state index is 12.4. The summed E-state index contributed by atoms with van der Waals surface area (Å²) in [6.07, 6.45) is 4.61. The van der Waals surface area contributed by atoms with Gasteiger partial charge in [-0.3, -0.25) is 4.79 Å². The van der Waals surface area contributed by atoms with E-state index in [1.54, 1.807) is 24.3 Å². The lowest BCUT2D eigenvalue weighted by molar-refractivity contribution is 0.102. The number of hydrogen-bond acceptors (Lipinski definition) is 2. The Kier molecular flexibility index (Phi) is 4.28. The van der Waals surface area contributed by atoms with E-state index < -0.39 is 0 Å². The Morgan fingerprint density at radius 1 is 0.957 bits per heavy atom. The molecule has 5 N–H and O–H groups in total. The average Bonchev–Trinajstić information content (AvgIpc) is 2.55. The molecule has 0 saturated heterocycles. The number of carbonyl (C=O) groups is 1. The summed E-state index contributed by atoms with van der Waals surface area (Å²) in [5, 5.41) is 2.90. The van der Waals surface area contributed by atoms with Crippen LogP contribution in [0.1, 0.15) is 34.3 Å². The summed E-state index contributed by atoms with van der Waals surface area (Å²) in [6.45, 7) is 0. The molecule has 0 heterocycles. The number of rotatable bonds is 3. The summed E-state index contributed by atoms with van der Waals surface area (Å²) in [5.74, 6) is -0.0937. The molecule has 23 heavy (non-hydrogen) atoms. The topological polar surface area (TPSA) is 93.5 Å². The van der Waals surface area contributed by atoms with Crippen molar-refractivity contribution in [2.45, 2.75) is 25.7 Å². The molecule has 0 aliphatic heterocycles. The number of amides is 1. The Bertz CT molecular complexity index is 746. The first-order valence-electron chi connectivity index (χ1n) is 7.75. The van der Waals surface area contributed by atoms with E-state index in [1.165, 1.54) is 24.0 Å². The van der Waals surface area contributed by atoms with Crippen molar-refractivity contribution < 1.29 is 4.79 Å². The fourth-order valence-corrected chi connectivity index (χ4v) is 2.85. The Hall–Kier alpha value is -2.82. The lowest BCUT2D eigenvalue weighted by Crippen LogP contribution is -2.21. The minimum atomic E-state index is -0.104. The second kappa shape index (κ2) is 6.52. The van der Waals surface area contributed by atoms with Gasteiger partial charge in [-0.25, -0.2) is 4.99 Å². The van der Waals surface area contributed by atoms with Crippen molar-refractivity contribution in [3.05, 3.63) is 59.2 Å². The number of nitrogens with one attached hydrogen (secondary N) is 1. The summed E-state index contributed by atoms with van der Waals surface area (Å²) >= 11 is 0. The van der Waals surface area contributed by atoms with E-state index in [0.717, 1.165) is 12.8 Å². The van der Waals surface area contributed by atoms with Crippen molar-refractivity contribution in [2.24, 2.45) is 16.5 Å². The number of nitrogens with zero attached hydrogens (tertiary/aromatic N) is 1. The number of hydrogen-bond donors (Lipinski definition) is 3. The van der Waals surface area contributed by atoms with E-state index in [-0.39, 0.29) is 11.9 Å². The third-order valence-electron chi connectivity index (χ3n) is 3.99. The number of aryl methyl sites for hydroxylation is 2. The molecule has 2 aromatic carbocycles. The van der Waals surface area contributed by atoms with Crippen LogP contribution < -0.4 is 16.8 Å². The van der Waals surface area contributed by atoms with Crippen molar-refractivity contribution >= 4 is 23.2 Å². The molecule has 0 saturated carbocycles. The zero-order valence-electron chi connectivity index (χ0n) is 12.9. The summed E-state index contributed by atoms with van der Waals surface area (Å²) in [4.78, 5) is 16.3. The number of benzene rings is 2. The predicted molar refractivity (Wildman–Crippen MR) is 92.9 cm³/mol. The Morgan fingerprint density at radius 2 is 1.65 bits per heavy atom. The van der Waals surface area contributed by atoms with Gasteiger partial charge in [-0.05, 0) is 73.2 Å². The number of fused-ring (bicyclic) bond motifs is 1. The lowest BCUT2D eigenvalue weighted by atomic mass is 9.90. The average molecular weight is 308 g/mol. The zero-order chi connectivity index (χ0) is 16.2. The number of aliphatic imine (C=N–C) groups is 1. The molecule has 0 fully saturated rings. The number of anilines is 1. The molecule has 0 aromatic heterocycles. The molecule has 5 nitrogen and oxygen atoms in total. The molecule has 0 spiro atoms. The Balaban J connectivity index is 1.72. The normalized spacial score (nSPS) is 13.0. The van der Waals surface area contributed by atoms with Crippen LogP contribution in [0.4, 0.5) is 11.4 Å². The maximum atomic E-state index is 12.4. The van der Waals surface area contributed by atoms with Crippen LogP contribution in [0.3, 0.4) is 0 Å². The Morgan fingerprint density at radius 3 is 2.35 bits per heavy atom. The standard InChI is InChI=1S/C18H20N4O/c19-18(20)22-16-9-7-15(8-10-16)21-17(23)14-6-5-12-3-1-2-4-13(12)11-14/h5-11H,1-4H2,(H,21,23)(H4,19,20,22). The van der Waals surface area contributed by atoms with Gasteiger partial charge in [0, 0.05) is 11.3 Å². The highest BCUT2D eigenvalue weighted by Gasteiger charge is 2.13. The number of guanidine groups is 1. The molecule has 1 aliphatic rings. The van der Waals surface area contributed by atoms with Gasteiger partial charge in [0.15, 0.2) is 5.96 Å². The van der Waals surface area contributed by atoms with Crippen LogP contribution >= 0.6 is 0 Å². The predicted octanol–water partition coefficient (Wildman–Crippen LogP) is 2.72. The second-order valence-electron chi connectivity index (χ2n) is 5.73. The van der Waals surface area contributed by atoms with Gasteiger partial charge in [-0.15, -0.1) is 0 Å². The third kappa shape index (κ3) is 3.69. The maximum Gasteiger partial charge on any atom is 0.255 e. The van der Waals surface area contributed by atoms with E-state index in [1.807, 2.05) is 12.1 Å². The summed E-state index contributed by atoms with van der Waals surface area (Å²) < 4.78 is 0. The molecule has 0 bridgehead atoms. The van der Waals surface area contributed by atoms with Gasteiger partial charge in [-0.2, -0.15) is 0 Å². The minimum absolute atomic E-state index is 0.0100. The van der Waals surface area contributed by atoms with Crippen molar-refractivity contribution in [3.63, 3.8) is 0 Å². The fraction of sp³-hybridized carbons (Fsp3) is 0.222. The number of carbonyl (C=O) groups excluding carboxylic acids is 1. The minimum Gasteiger partial charge on any atom is -0.370 e. The first-order valence-corrected chi connectivity index (χ1v) is 7.75. The Labute approximate surface area is 135 Å². The second-order valence-corrected chi connectivity index (χ2v) is 5.73. The highest BCUT2D eigenvalue weighted by atomic mass is 16.1. The molecule has 5 heteroatoms. The van der Waals surface area contributed by atoms with E-state index in [9.17, 15) is 4.79 Å². The van der Waals surface area contributed by atoms with Crippen LogP contribution in [-0.4, -0.2) is 11.9 Å². The highest BCUT2D eigenvalue weighted by Crippen LogP contribution is 2.23. The van der Waals surface area contributed by atoms with Crippen molar-refractivity contribution in [2.75, 3.05) is 5.32 Å². The molecule has 0 radical (unpaired) electrons. The zero-order valence-corrected chi connectivity index (χ0v) is 12.9. The summed E-state index contributed by atoms with van der Waals surface area (Å²) in [7, 11) is 0. The van der Waals surface area contributed by atoms with E-state index in [2.05, 4.69) is 16.4 Å². The van der Waals surface area contributed by atoms with Gasteiger partial charge in [0.2, 0.25) is 0 Å². The molecule has 3 rings (SSSR count). The van der Waals surface area contributed by atoms with Crippen LogP contribution in [0, 0.1) is 0 Å². The van der Waals surface area contributed by atoms with Crippen molar-refractivity contribution in [1.29, 1.82) is 0 Å². The van der Waals surface area contributed by atoms with Crippen LogP contribution in [0.2, 0.25) is 0 Å². The fourth-order valence-electron chi connectivity index (χ4n) is 2.85. The van der Waals surface area contributed by atoms with Gasteiger partial charge >= 0.3 is 0 Å². The van der Waals surface area contributed by atoms with Crippen LogP contribution in [0.5, 0.6) is 0 Å².